The number of unbranched alkanes of at least 4 members (excludes halogenated alkanes) is 10. The predicted molar refractivity (Wildman–Crippen MR) is 132 cm³/mol. The smallest absolute Gasteiger partial charge is 0.309 e. The molecular weight excluding hydrogens is 404 g/mol. The van der Waals surface area contributed by atoms with Crippen molar-refractivity contribution in [1.29, 1.82) is 0 Å². The summed E-state index contributed by atoms with van der Waals surface area (Å²) in [6, 6.07) is 0. The maximum Gasteiger partial charge on any atom is 0.309 e. The number of hydrogen-bond acceptors (Lipinski definition) is 5. The van der Waals surface area contributed by atoms with Crippen molar-refractivity contribution < 1.29 is 24.2 Å². The van der Waals surface area contributed by atoms with Crippen molar-refractivity contribution >= 4 is 11.9 Å². The van der Waals surface area contributed by atoms with Crippen molar-refractivity contribution in [2.24, 2.45) is 5.92 Å². The van der Waals surface area contributed by atoms with E-state index in [-0.39, 0.29) is 17.9 Å². The second kappa shape index (κ2) is 21.7. The van der Waals surface area contributed by atoms with Gasteiger partial charge in [0.05, 0.1) is 19.1 Å². The second-order valence-corrected chi connectivity index (χ2v) is 9.23. The van der Waals surface area contributed by atoms with Gasteiger partial charge in [0, 0.05) is 6.42 Å². The van der Waals surface area contributed by atoms with Crippen LogP contribution < -0.4 is 0 Å². The monoisotopic (exact) mass is 456 g/mol. The third kappa shape index (κ3) is 16.5. The van der Waals surface area contributed by atoms with Crippen LogP contribution in [0.15, 0.2) is 0 Å². The fourth-order valence-corrected chi connectivity index (χ4v) is 4.08. The normalized spacial score (nSPS) is 14.0. The molecule has 3 unspecified atom stereocenters. The Morgan fingerprint density at radius 1 is 0.719 bits per heavy atom. The van der Waals surface area contributed by atoms with Crippen LogP contribution in [-0.4, -0.2) is 36.4 Å². The van der Waals surface area contributed by atoms with E-state index in [2.05, 4.69) is 18.6 Å². The van der Waals surface area contributed by atoms with Gasteiger partial charge in [-0.1, -0.05) is 91.4 Å². The molecular formula is C27H52O5. The van der Waals surface area contributed by atoms with Gasteiger partial charge >= 0.3 is 11.9 Å². The lowest BCUT2D eigenvalue weighted by Crippen LogP contribution is -2.33. The molecule has 0 aromatic rings. The van der Waals surface area contributed by atoms with E-state index < -0.39 is 12.2 Å². The van der Waals surface area contributed by atoms with E-state index in [4.69, 9.17) is 4.74 Å². The second-order valence-electron chi connectivity index (χ2n) is 9.23. The maximum atomic E-state index is 12.7. The van der Waals surface area contributed by atoms with E-state index in [1.165, 1.54) is 32.8 Å². The summed E-state index contributed by atoms with van der Waals surface area (Å²) in [5.41, 5.74) is 0. The predicted octanol–water partition coefficient (Wildman–Crippen LogP) is 7.13. The van der Waals surface area contributed by atoms with Crippen LogP contribution in [-0.2, 0) is 19.1 Å². The minimum atomic E-state index is -0.576. The Hall–Kier alpha value is -1.10. The molecule has 190 valence electrons. The molecule has 1 N–H and O–H groups in total. The summed E-state index contributed by atoms with van der Waals surface area (Å²) in [4.78, 5) is 23.9. The minimum Gasteiger partial charge on any atom is -0.469 e. The molecule has 0 rings (SSSR count). The summed E-state index contributed by atoms with van der Waals surface area (Å²) >= 11 is 0. The van der Waals surface area contributed by atoms with Gasteiger partial charge in [0.1, 0.15) is 6.10 Å². The summed E-state index contributed by atoms with van der Waals surface area (Å²) in [6.45, 7) is 6.39. The molecule has 0 radical (unpaired) electrons. The Kier molecular flexibility index (Phi) is 21.0. The van der Waals surface area contributed by atoms with Gasteiger partial charge in [0.25, 0.3) is 0 Å². The number of rotatable bonds is 22. The average molecular weight is 457 g/mol. The van der Waals surface area contributed by atoms with Crippen LogP contribution in [0.25, 0.3) is 0 Å². The summed E-state index contributed by atoms with van der Waals surface area (Å²) in [5, 5.41) is 10.8. The number of carbonyl (C=O) groups excluding carboxylic acids is 2. The first-order chi connectivity index (χ1) is 15.5. The molecule has 0 saturated heterocycles. The molecule has 0 bridgehead atoms. The third-order valence-corrected chi connectivity index (χ3v) is 6.38. The molecule has 0 fully saturated rings. The van der Waals surface area contributed by atoms with Gasteiger partial charge in [-0.05, 0) is 38.5 Å². The maximum absolute atomic E-state index is 12.7. The van der Waals surface area contributed by atoms with Gasteiger partial charge in [-0.2, -0.15) is 0 Å². The van der Waals surface area contributed by atoms with Crippen LogP contribution in [0.5, 0.6) is 0 Å². The molecule has 0 spiro atoms. The van der Waals surface area contributed by atoms with Crippen molar-refractivity contribution in [3.63, 3.8) is 0 Å². The standard InChI is InChI=1S/C27H52O5/c1-5-8-10-11-13-16-20-24(28)25(32-27(30)23(7-3)19-9-6-2)21-17-14-12-15-18-22-26(29)31-4/h23-25,28H,5-22H2,1-4H3. The lowest BCUT2D eigenvalue weighted by Gasteiger charge is -2.25. The molecule has 5 heteroatoms. The lowest BCUT2D eigenvalue weighted by molar-refractivity contribution is -0.161. The molecule has 0 aliphatic carbocycles. The zero-order chi connectivity index (χ0) is 24.0. The number of aliphatic hydroxyl groups is 1. The Bertz CT molecular complexity index is 451. The number of ether oxygens (including phenoxy) is 2. The zero-order valence-electron chi connectivity index (χ0n) is 21.5. The fraction of sp³-hybridized carbons (Fsp3) is 0.926. The molecule has 0 heterocycles. The highest BCUT2D eigenvalue weighted by Crippen LogP contribution is 2.21. The molecule has 0 saturated carbocycles. The summed E-state index contributed by atoms with van der Waals surface area (Å²) in [5.74, 6) is -0.341. The van der Waals surface area contributed by atoms with Gasteiger partial charge in [0.2, 0.25) is 0 Å². The van der Waals surface area contributed by atoms with Crippen molar-refractivity contribution in [1.82, 2.24) is 0 Å². The Balaban J connectivity index is 4.50. The Morgan fingerprint density at radius 2 is 1.28 bits per heavy atom. The van der Waals surface area contributed by atoms with Gasteiger partial charge < -0.3 is 14.6 Å². The fourth-order valence-electron chi connectivity index (χ4n) is 4.08. The number of hydrogen-bond donors (Lipinski definition) is 1. The first kappa shape index (κ1) is 30.9. The SMILES string of the molecule is CCCCCCCCC(O)C(CCCCCCCC(=O)OC)OC(=O)C(CC)CCCC. The zero-order valence-corrected chi connectivity index (χ0v) is 21.5. The molecule has 3 atom stereocenters. The van der Waals surface area contributed by atoms with Crippen LogP contribution in [0.2, 0.25) is 0 Å². The van der Waals surface area contributed by atoms with E-state index in [0.29, 0.717) is 19.3 Å². The topological polar surface area (TPSA) is 72.8 Å². The van der Waals surface area contributed by atoms with Crippen LogP contribution in [0, 0.1) is 5.92 Å². The molecule has 0 aliphatic rings. The molecule has 0 aromatic heterocycles. The van der Waals surface area contributed by atoms with Gasteiger partial charge in [-0.25, -0.2) is 0 Å². The molecule has 0 aliphatic heterocycles. The van der Waals surface area contributed by atoms with Crippen LogP contribution in [0.3, 0.4) is 0 Å². The van der Waals surface area contributed by atoms with E-state index in [9.17, 15) is 14.7 Å². The first-order valence-electron chi connectivity index (χ1n) is 13.4. The highest BCUT2D eigenvalue weighted by molar-refractivity contribution is 5.72. The van der Waals surface area contributed by atoms with Crippen molar-refractivity contribution in [2.45, 2.75) is 149 Å². The molecule has 0 amide bonds. The van der Waals surface area contributed by atoms with E-state index in [1.54, 1.807) is 0 Å². The van der Waals surface area contributed by atoms with E-state index >= 15 is 0 Å². The highest BCUT2D eigenvalue weighted by Gasteiger charge is 2.26. The lowest BCUT2D eigenvalue weighted by atomic mass is 9.97. The number of esters is 2. The van der Waals surface area contributed by atoms with Crippen molar-refractivity contribution in [2.75, 3.05) is 7.11 Å². The minimum absolute atomic E-state index is 0.0583. The van der Waals surface area contributed by atoms with Gasteiger partial charge in [-0.15, -0.1) is 0 Å². The average Bonchev–Trinajstić information content (AvgIpc) is 2.79. The van der Waals surface area contributed by atoms with Crippen molar-refractivity contribution in [3.05, 3.63) is 0 Å². The summed E-state index contributed by atoms with van der Waals surface area (Å²) in [6.07, 6.45) is 16.6. The Morgan fingerprint density at radius 3 is 1.88 bits per heavy atom. The van der Waals surface area contributed by atoms with Crippen LogP contribution in [0.4, 0.5) is 0 Å². The number of aliphatic hydroxyl groups excluding tert-OH is 1. The van der Waals surface area contributed by atoms with Crippen LogP contribution >= 0.6 is 0 Å². The third-order valence-electron chi connectivity index (χ3n) is 6.38. The molecule has 5 nitrogen and oxygen atoms in total. The Labute approximate surface area is 198 Å². The largest absolute Gasteiger partial charge is 0.469 e. The summed E-state index contributed by atoms with van der Waals surface area (Å²) < 4.78 is 10.6. The highest BCUT2D eigenvalue weighted by atomic mass is 16.6. The summed E-state index contributed by atoms with van der Waals surface area (Å²) in [7, 11) is 1.42. The van der Waals surface area contributed by atoms with Crippen molar-refractivity contribution in [3.8, 4) is 0 Å². The molecule has 0 aromatic carbocycles. The quantitative estimate of drug-likeness (QED) is 0.138. The first-order valence-corrected chi connectivity index (χ1v) is 13.4. The molecule has 32 heavy (non-hydrogen) atoms. The number of methoxy groups -OCH3 is 1. The number of carbonyl (C=O) groups is 2. The van der Waals surface area contributed by atoms with Crippen LogP contribution in [0.1, 0.15) is 136 Å². The van der Waals surface area contributed by atoms with Gasteiger partial charge in [-0.3, -0.25) is 9.59 Å². The van der Waals surface area contributed by atoms with E-state index in [1.807, 2.05) is 6.92 Å². The van der Waals surface area contributed by atoms with E-state index in [0.717, 1.165) is 70.6 Å². The van der Waals surface area contributed by atoms with Gasteiger partial charge in [0.15, 0.2) is 0 Å².